The van der Waals surface area contributed by atoms with Crippen LogP contribution in [0.3, 0.4) is 0 Å². The van der Waals surface area contributed by atoms with Crippen molar-refractivity contribution in [2.24, 2.45) is 5.11 Å². The minimum Gasteiger partial charge on any atom is -0.463 e. The van der Waals surface area contributed by atoms with Crippen LogP contribution in [-0.2, 0) is 14.3 Å². The highest BCUT2D eigenvalue weighted by Gasteiger charge is 2.44. The molecular weight excluding hydrogens is 446 g/mol. The van der Waals surface area contributed by atoms with Gasteiger partial charge in [-0.25, -0.2) is 4.79 Å². The van der Waals surface area contributed by atoms with Crippen LogP contribution in [0.1, 0.15) is 76.0 Å². The molecule has 0 aliphatic carbocycles. The lowest BCUT2D eigenvalue weighted by atomic mass is 10.1. The molecule has 0 bridgehead atoms. The molecule has 0 unspecified atom stereocenters. The van der Waals surface area contributed by atoms with E-state index in [1.807, 2.05) is 0 Å². The molecule has 34 heavy (non-hydrogen) atoms. The smallest absolute Gasteiger partial charge is 0.330 e. The molecule has 12 nitrogen and oxygen atoms in total. The van der Waals surface area contributed by atoms with Crippen LogP contribution in [0.2, 0.25) is 0 Å². The fourth-order valence-corrected chi connectivity index (χ4v) is 3.85. The third-order valence-corrected chi connectivity index (χ3v) is 5.87. The second-order valence-corrected chi connectivity index (χ2v) is 8.59. The van der Waals surface area contributed by atoms with E-state index in [4.69, 9.17) is 15.0 Å². The van der Waals surface area contributed by atoms with Gasteiger partial charge in [-0.3, -0.25) is 19.1 Å². The van der Waals surface area contributed by atoms with Gasteiger partial charge in [-0.1, -0.05) is 50.1 Å². The van der Waals surface area contributed by atoms with Gasteiger partial charge in [0.1, 0.15) is 24.9 Å². The molecule has 4 atom stereocenters. The fourth-order valence-electron chi connectivity index (χ4n) is 3.85. The fraction of sp³-hybridized carbons (Fsp3) is 0.773. The molecule has 0 aromatic carbocycles. The number of aryl methyl sites for hydroxylation is 1. The Hall–Kier alpha value is -2.66. The van der Waals surface area contributed by atoms with Crippen LogP contribution in [0, 0.1) is 6.92 Å². The summed E-state index contributed by atoms with van der Waals surface area (Å²) in [6.07, 6.45) is 5.75. The number of carbonyl (C=O) groups is 1. The molecule has 1 aromatic rings. The Bertz CT molecular complexity index is 940. The average Bonchev–Trinajstić information content (AvgIpc) is 3.09. The van der Waals surface area contributed by atoms with Gasteiger partial charge in [0, 0.05) is 29.6 Å². The van der Waals surface area contributed by atoms with Crippen LogP contribution >= 0.6 is 0 Å². The Morgan fingerprint density at radius 1 is 1.12 bits per heavy atom. The third kappa shape index (κ3) is 8.60. The van der Waals surface area contributed by atoms with E-state index >= 15 is 0 Å². The Balaban J connectivity index is 1.60. The van der Waals surface area contributed by atoms with Gasteiger partial charge >= 0.3 is 11.7 Å². The summed E-state index contributed by atoms with van der Waals surface area (Å²) in [6, 6.07) is 0. The molecule has 0 radical (unpaired) electrons. The summed E-state index contributed by atoms with van der Waals surface area (Å²) in [5, 5.41) is 24.0. The molecule has 2 heterocycles. The largest absolute Gasteiger partial charge is 0.463 e. The Kier molecular flexibility index (Phi) is 11.8. The Morgan fingerprint density at radius 2 is 1.74 bits per heavy atom. The molecule has 0 spiro atoms. The van der Waals surface area contributed by atoms with E-state index in [1.54, 1.807) is 0 Å². The van der Waals surface area contributed by atoms with E-state index in [9.17, 15) is 24.6 Å². The summed E-state index contributed by atoms with van der Waals surface area (Å²) in [5.41, 5.74) is 7.14. The highest BCUT2D eigenvalue weighted by Crippen LogP contribution is 2.28. The zero-order valence-electron chi connectivity index (χ0n) is 19.6. The number of H-pyrrole nitrogens is 1. The van der Waals surface area contributed by atoms with Crippen molar-refractivity contribution in [3.63, 3.8) is 0 Å². The summed E-state index contributed by atoms with van der Waals surface area (Å²) in [4.78, 5) is 40.4. The number of aromatic amines is 1. The highest BCUT2D eigenvalue weighted by molar-refractivity contribution is 5.69. The van der Waals surface area contributed by atoms with Crippen LogP contribution in [-0.4, -0.2) is 57.2 Å². The molecule has 1 fully saturated rings. The minimum atomic E-state index is -1.42. The second kappa shape index (κ2) is 14.6. The first kappa shape index (κ1) is 27.6. The lowest BCUT2D eigenvalue weighted by molar-refractivity contribution is -0.150. The van der Waals surface area contributed by atoms with Crippen molar-refractivity contribution >= 4 is 5.97 Å². The molecule has 1 saturated heterocycles. The number of nitrogens with one attached hydrogen (secondary N) is 1. The predicted molar refractivity (Wildman–Crippen MR) is 123 cm³/mol. The second-order valence-electron chi connectivity index (χ2n) is 8.59. The van der Waals surface area contributed by atoms with Gasteiger partial charge in [-0.05, 0) is 25.3 Å². The number of hydrogen-bond donors (Lipinski definition) is 3. The monoisotopic (exact) mass is 481 g/mol. The van der Waals surface area contributed by atoms with Crippen molar-refractivity contribution in [2.45, 2.75) is 95.7 Å². The molecule has 0 amide bonds. The number of carbonyl (C=O) groups excluding carboxylic acids is 1. The third-order valence-electron chi connectivity index (χ3n) is 5.87. The van der Waals surface area contributed by atoms with Gasteiger partial charge in [0.25, 0.3) is 5.56 Å². The van der Waals surface area contributed by atoms with Crippen molar-refractivity contribution in [3.8, 4) is 0 Å². The van der Waals surface area contributed by atoms with Crippen molar-refractivity contribution < 1.29 is 24.5 Å². The maximum Gasteiger partial charge on any atom is 0.330 e. The number of unbranched alkanes of at least 4 members (excludes halogenated alkanes) is 8. The lowest BCUT2D eigenvalue weighted by Crippen LogP contribution is -2.38. The SMILES string of the molecule is Cc1cn([C@@H]2O[C@H](COC(=O)CCCCCCCCCCCN=[N+]=[N-])[C@@H](O)[C@H]2O)c(=O)[nH]c1=O. The number of ether oxygens (including phenoxy) is 2. The molecule has 2 rings (SSSR count). The van der Waals surface area contributed by atoms with E-state index in [0.717, 1.165) is 55.9 Å². The number of esters is 1. The van der Waals surface area contributed by atoms with Gasteiger partial charge in [-0.2, -0.15) is 0 Å². The maximum absolute atomic E-state index is 12.0. The molecule has 3 N–H and O–H groups in total. The van der Waals surface area contributed by atoms with Gasteiger partial charge in [-0.15, -0.1) is 0 Å². The van der Waals surface area contributed by atoms with E-state index in [1.165, 1.54) is 13.1 Å². The van der Waals surface area contributed by atoms with Crippen molar-refractivity contribution in [3.05, 3.63) is 43.0 Å². The van der Waals surface area contributed by atoms with E-state index in [-0.39, 0.29) is 18.6 Å². The van der Waals surface area contributed by atoms with Gasteiger partial charge < -0.3 is 19.7 Å². The quantitative estimate of drug-likeness (QED) is 0.113. The van der Waals surface area contributed by atoms with Gasteiger partial charge in [0.15, 0.2) is 6.23 Å². The summed E-state index contributed by atoms with van der Waals surface area (Å²) in [6.45, 7) is 1.82. The summed E-state index contributed by atoms with van der Waals surface area (Å²) in [5.74, 6) is -0.411. The lowest BCUT2D eigenvalue weighted by Gasteiger charge is -2.17. The van der Waals surface area contributed by atoms with E-state index < -0.39 is 41.8 Å². The predicted octanol–water partition coefficient (Wildman–Crippen LogP) is 2.22. The first-order chi connectivity index (χ1) is 16.3. The molecule has 12 heteroatoms. The van der Waals surface area contributed by atoms with Crippen molar-refractivity contribution in [2.75, 3.05) is 13.2 Å². The molecule has 0 saturated carbocycles. The van der Waals surface area contributed by atoms with Crippen LogP contribution in [0.25, 0.3) is 10.4 Å². The molecule has 1 aromatic heterocycles. The minimum absolute atomic E-state index is 0.246. The Labute approximate surface area is 197 Å². The van der Waals surface area contributed by atoms with Crippen LogP contribution < -0.4 is 11.2 Å². The average molecular weight is 482 g/mol. The van der Waals surface area contributed by atoms with Crippen LogP contribution in [0.4, 0.5) is 0 Å². The highest BCUT2D eigenvalue weighted by atomic mass is 16.6. The first-order valence-electron chi connectivity index (χ1n) is 11.8. The first-order valence-corrected chi connectivity index (χ1v) is 11.8. The van der Waals surface area contributed by atoms with Crippen molar-refractivity contribution in [1.29, 1.82) is 0 Å². The zero-order chi connectivity index (χ0) is 24.9. The number of nitrogens with zero attached hydrogens (tertiary/aromatic N) is 4. The number of rotatable bonds is 15. The molecule has 190 valence electrons. The number of azide groups is 1. The van der Waals surface area contributed by atoms with Crippen molar-refractivity contribution in [1.82, 2.24) is 9.55 Å². The van der Waals surface area contributed by atoms with Crippen LogP contribution in [0.5, 0.6) is 0 Å². The maximum atomic E-state index is 12.0. The molecule has 1 aliphatic rings. The normalized spacial score (nSPS) is 21.9. The number of aliphatic hydroxyl groups excluding tert-OH is 2. The van der Waals surface area contributed by atoms with E-state index in [2.05, 4.69) is 15.0 Å². The van der Waals surface area contributed by atoms with Gasteiger partial charge in [0.05, 0.1) is 0 Å². The molecular formula is C22H35N5O7. The Morgan fingerprint density at radius 3 is 2.38 bits per heavy atom. The standard InChI is InChI=1S/C22H35N5O7/c1-15-13-27(22(32)25-20(15)31)21-19(30)18(29)16(34-21)14-33-17(28)11-9-7-5-3-2-4-6-8-10-12-24-26-23/h13,16,18-19,21,29-30H,2-12,14H2,1H3,(H,25,31,32)/t16-,18-,19-,21-/m1/s1. The summed E-state index contributed by atoms with van der Waals surface area (Å²) in [7, 11) is 0. The van der Waals surface area contributed by atoms with E-state index in [0.29, 0.717) is 13.0 Å². The number of aliphatic hydroxyl groups is 2. The number of aromatic nitrogens is 2. The number of hydrogen-bond acceptors (Lipinski definition) is 8. The topological polar surface area (TPSA) is 180 Å². The zero-order valence-corrected chi connectivity index (χ0v) is 19.6. The molecule has 1 aliphatic heterocycles. The van der Waals surface area contributed by atoms with Crippen LogP contribution in [0.15, 0.2) is 20.9 Å². The summed E-state index contributed by atoms with van der Waals surface area (Å²) >= 11 is 0. The van der Waals surface area contributed by atoms with Gasteiger partial charge in [0.2, 0.25) is 0 Å². The summed E-state index contributed by atoms with van der Waals surface area (Å²) < 4.78 is 11.8.